The van der Waals surface area contributed by atoms with Gasteiger partial charge < -0.3 is 14.7 Å². The Morgan fingerprint density at radius 2 is 2.13 bits per heavy atom. The molecule has 23 heavy (non-hydrogen) atoms. The van der Waals surface area contributed by atoms with Gasteiger partial charge in [0.05, 0.1) is 30.1 Å². The second-order valence-electron chi connectivity index (χ2n) is 6.53. The largest absolute Gasteiger partial charge is 0.390 e. The number of ether oxygens (including phenoxy) is 1. The summed E-state index contributed by atoms with van der Waals surface area (Å²) in [6.45, 7) is 3.66. The molecule has 6 heteroatoms. The third-order valence-corrected chi connectivity index (χ3v) is 4.63. The van der Waals surface area contributed by atoms with Crippen LogP contribution in [0.15, 0.2) is 12.3 Å². The molecule has 4 nitrogen and oxygen atoms in total. The van der Waals surface area contributed by atoms with Crippen LogP contribution in [0, 0.1) is 11.8 Å². The zero-order valence-corrected chi connectivity index (χ0v) is 13.9. The molecular weight excluding hydrogens is 319 g/mol. The Morgan fingerprint density at radius 3 is 2.78 bits per heavy atom. The van der Waals surface area contributed by atoms with E-state index in [1.807, 2.05) is 6.92 Å². The van der Waals surface area contributed by atoms with Crippen molar-refractivity contribution in [3.8, 4) is 11.8 Å². The van der Waals surface area contributed by atoms with E-state index in [4.69, 9.17) is 16.3 Å². The number of hydrogen-bond donors (Lipinski definition) is 1. The summed E-state index contributed by atoms with van der Waals surface area (Å²) in [6, 6.07) is 1.75. The molecule has 3 rings (SSSR count). The lowest BCUT2D eigenvalue weighted by Crippen LogP contribution is -2.42. The standard InChI is InChI=1S/C17H20ClFN2O2/c1-16(22)4-7-21(8-5-16)14-10-15(18)20-11-13(14)2-3-17(19)6-9-23-12-17/h10-11,22H,4-9,12H2,1H3. The van der Waals surface area contributed by atoms with Crippen molar-refractivity contribution in [2.75, 3.05) is 31.2 Å². The van der Waals surface area contributed by atoms with Gasteiger partial charge in [-0.05, 0) is 19.8 Å². The predicted molar refractivity (Wildman–Crippen MR) is 87.5 cm³/mol. The Balaban J connectivity index is 1.86. The van der Waals surface area contributed by atoms with Crippen LogP contribution in [0.5, 0.6) is 0 Å². The minimum absolute atomic E-state index is 0.0168. The molecule has 0 aliphatic carbocycles. The van der Waals surface area contributed by atoms with E-state index in [2.05, 4.69) is 21.7 Å². The number of aliphatic hydroxyl groups is 1. The van der Waals surface area contributed by atoms with Crippen LogP contribution in [0.1, 0.15) is 31.7 Å². The van der Waals surface area contributed by atoms with Crippen LogP contribution >= 0.6 is 11.6 Å². The van der Waals surface area contributed by atoms with E-state index in [9.17, 15) is 9.50 Å². The van der Waals surface area contributed by atoms with Gasteiger partial charge in [0.1, 0.15) is 5.15 Å². The highest BCUT2D eigenvalue weighted by Gasteiger charge is 2.33. The van der Waals surface area contributed by atoms with Crippen molar-refractivity contribution in [3.63, 3.8) is 0 Å². The van der Waals surface area contributed by atoms with Crippen LogP contribution in [0.2, 0.25) is 5.15 Å². The average Bonchev–Trinajstić information content (AvgIpc) is 2.93. The summed E-state index contributed by atoms with van der Waals surface area (Å²) in [5.41, 5.74) is -0.721. The van der Waals surface area contributed by atoms with Gasteiger partial charge in [0.2, 0.25) is 0 Å². The van der Waals surface area contributed by atoms with E-state index in [1.54, 1.807) is 12.3 Å². The molecule has 0 saturated carbocycles. The molecular formula is C17H20ClFN2O2. The first-order chi connectivity index (χ1) is 10.9. The van der Waals surface area contributed by atoms with Crippen LogP contribution in [-0.2, 0) is 4.74 Å². The van der Waals surface area contributed by atoms with Gasteiger partial charge in [-0.25, -0.2) is 9.37 Å². The van der Waals surface area contributed by atoms with Crippen LogP contribution in [0.4, 0.5) is 10.1 Å². The quantitative estimate of drug-likeness (QED) is 0.631. The zero-order chi connectivity index (χ0) is 16.5. The molecule has 0 radical (unpaired) electrons. The minimum Gasteiger partial charge on any atom is -0.390 e. The fraction of sp³-hybridized carbons (Fsp3) is 0.588. The van der Waals surface area contributed by atoms with E-state index in [1.165, 1.54) is 0 Å². The number of halogens is 2. The molecule has 1 N–H and O–H groups in total. The Morgan fingerprint density at radius 1 is 1.39 bits per heavy atom. The van der Waals surface area contributed by atoms with Gasteiger partial charge in [-0.2, -0.15) is 0 Å². The number of piperidine rings is 1. The fourth-order valence-corrected chi connectivity index (χ4v) is 2.98. The van der Waals surface area contributed by atoms with Gasteiger partial charge >= 0.3 is 0 Å². The third-order valence-electron chi connectivity index (χ3n) is 4.42. The Labute approximate surface area is 140 Å². The van der Waals surface area contributed by atoms with Crippen molar-refractivity contribution in [1.29, 1.82) is 0 Å². The van der Waals surface area contributed by atoms with Crippen molar-refractivity contribution >= 4 is 17.3 Å². The summed E-state index contributed by atoms with van der Waals surface area (Å²) < 4.78 is 19.4. The first-order valence-electron chi connectivity index (χ1n) is 7.80. The van der Waals surface area contributed by atoms with E-state index in [-0.39, 0.29) is 6.61 Å². The molecule has 1 aromatic rings. The van der Waals surface area contributed by atoms with E-state index in [0.717, 1.165) is 5.69 Å². The molecule has 0 bridgehead atoms. The number of pyridine rings is 1. The Hall–Kier alpha value is -1.35. The Bertz CT molecular complexity index is 638. The molecule has 2 saturated heterocycles. The van der Waals surface area contributed by atoms with Crippen LogP contribution in [-0.4, -0.2) is 47.7 Å². The molecule has 1 aromatic heterocycles. The highest BCUT2D eigenvalue weighted by atomic mass is 35.5. The number of anilines is 1. The summed E-state index contributed by atoms with van der Waals surface area (Å²) in [7, 11) is 0. The van der Waals surface area contributed by atoms with E-state index >= 15 is 0 Å². The summed E-state index contributed by atoms with van der Waals surface area (Å²) in [4.78, 5) is 6.18. The fourth-order valence-electron chi connectivity index (χ4n) is 2.83. The maximum Gasteiger partial charge on any atom is 0.196 e. The third kappa shape index (κ3) is 3.95. The van der Waals surface area contributed by atoms with Crippen LogP contribution < -0.4 is 4.90 Å². The van der Waals surface area contributed by atoms with Crippen molar-refractivity contribution in [1.82, 2.24) is 4.98 Å². The van der Waals surface area contributed by atoms with Crippen molar-refractivity contribution in [2.24, 2.45) is 0 Å². The predicted octanol–water partition coefficient (Wildman–Crippen LogP) is 2.57. The summed E-state index contributed by atoms with van der Waals surface area (Å²) in [5, 5.41) is 10.5. The normalized spacial score (nSPS) is 26.7. The number of rotatable bonds is 1. The molecule has 0 spiro atoms. The molecule has 0 amide bonds. The van der Waals surface area contributed by atoms with Crippen molar-refractivity contribution < 1.29 is 14.2 Å². The lowest BCUT2D eigenvalue weighted by atomic mass is 9.93. The minimum atomic E-state index is -1.58. The van der Waals surface area contributed by atoms with Gasteiger partial charge in [0.15, 0.2) is 5.67 Å². The molecule has 1 atom stereocenters. The Kier molecular flexibility index (Phi) is 4.50. The number of alkyl halides is 1. The molecule has 0 aromatic carbocycles. The van der Waals surface area contributed by atoms with E-state index in [0.29, 0.717) is 49.7 Å². The molecule has 2 aliphatic heterocycles. The molecule has 2 fully saturated rings. The average molecular weight is 339 g/mol. The van der Waals surface area contributed by atoms with Crippen molar-refractivity contribution in [3.05, 3.63) is 23.0 Å². The zero-order valence-electron chi connectivity index (χ0n) is 13.1. The van der Waals surface area contributed by atoms with Gasteiger partial charge in [0.25, 0.3) is 0 Å². The van der Waals surface area contributed by atoms with Gasteiger partial charge in [-0.15, -0.1) is 0 Å². The van der Waals surface area contributed by atoms with Crippen LogP contribution in [0.25, 0.3) is 0 Å². The number of nitrogens with zero attached hydrogens (tertiary/aromatic N) is 2. The highest BCUT2D eigenvalue weighted by molar-refractivity contribution is 6.29. The SMILES string of the molecule is CC1(O)CCN(c2cc(Cl)ncc2C#CC2(F)CCOC2)CC1. The molecule has 1 unspecified atom stereocenters. The monoisotopic (exact) mass is 338 g/mol. The molecule has 2 aliphatic rings. The highest BCUT2D eigenvalue weighted by Crippen LogP contribution is 2.30. The topological polar surface area (TPSA) is 45.6 Å². The second kappa shape index (κ2) is 6.27. The van der Waals surface area contributed by atoms with Crippen molar-refractivity contribution in [2.45, 2.75) is 37.5 Å². The molecule has 124 valence electrons. The molecule has 3 heterocycles. The van der Waals surface area contributed by atoms with Gasteiger partial charge in [-0.3, -0.25) is 0 Å². The smallest absolute Gasteiger partial charge is 0.196 e. The second-order valence-corrected chi connectivity index (χ2v) is 6.91. The van der Waals surface area contributed by atoms with Gasteiger partial charge in [0, 0.05) is 31.8 Å². The lowest BCUT2D eigenvalue weighted by molar-refractivity contribution is 0.0351. The first kappa shape index (κ1) is 16.5. The number of aromatic nitrogens is 1. The maximum atomic E-state index is 14.4. The maximum absolute atomic E-state index is 14.4. The lowest BCUT2D eigenvalue weighted by Gasteiger charge is -2.37. The summed E-state index contributed by atoms with van der Waals surface area (Å²) >= 11 is 6.02. The summed E-state index contributed by atoms with van der Waals surface area (Å²) in [6.07, 6.45) is 3.21. The van der Waals surface area contributed by atoms with Crippen LogP contribution in [0.3, 0.4) is 0 Å². The summed E-state index contributed by atoms with van der Waals surface area (Å²) in [5.74, 6) is 5.60. The number of hydrogen-bond acceptors (Lipinski definition) is 4. The van der Waals surface area contributed by atoms with E-state index < -0.39 is 11.3 Å². The van der Waals surface area contributed by atoms with Gasteiger partial charge in [-0.1, -0.05) is 23.4 Å². The first-order valence-corrected chi connectivity index (χ1v) is 8.17.